The molecule has 0 fully saturated rings. The summed E-state index contributed by atoms with van der Waals surface area (Å²) in [5, 5.41) is 9.03. The number of hydrogen-bond donors (Lipinski definition) is 1. The summed E-state index contributed by atoms with van der Waals surface area (Å²) in [6.07, 6.45) is 0. The van der Waals surface area contributed by atoms with E-state index in [0.717, 1.165) is 6.07 Å². The monoisotopic (exact) mass is 206 g/mol. The Bertz CT molecular complexity index is 377. The summed E-state index contributed by atoms with van der Waals surface area (Å²) < 4.78 is 21.6. The Hall–Kier alpha value is -0.740. The van der Waals surface area contributed by atoms with E-state index in [1.807, 2.05) is 0 Å². The summed E-state index contributed by atoms with van der Waals surface area (Å²) in [7, 11) is 1.33. The molecule has 1 aromatic carbocycles. The van der Waals surface area contributed by atoms with Crippen molar-refractivity contribution >= 4 is 19.7 Å². The SMILES string of the molecule is Cc1cc(O)cc(S(=O)(=O)Cl)c1. The third kappa shape index (κ3) is 2.12. The van der Waals surface area contributed by atoms with Gasteiger partial charge in [-0.3, -0.25) is 0 Å². The van der Waals surface area contributed by atoms with Crippen LogP contribution in [0.15, 0.2) is 23.1 Å². The van der Waals surface area contributed by atoms with E-state index < -0.39 is 9.05 Å². The van der Waals surface area contributed by atoms with E-state index >= 15 is 0 Å². The van der Waals surface area contributed by atoms with Crippen LogP contribution >= 0.6 is 10.7 Å². The lowest BCUT2D eigenvalue weighted by molar-refractivity contribution is 0.473. The number of phenols is 1. The van der Waals surface area contributed by atoms with Gasteiger partial charge in [-0.1, -0.05) is 0 Å². The number of phenolic OH excluding ortho intramolecular Hbond substituents is 1. The Morgan fingerprint density at radius 2 is 1.92 bits per heavy atom. The first kappa shape index (κ1) is 9.35. The second-order valence-electron chi connectivity index (χ2n) is 2.44. The molecule has 1 aromatic rings. The van der Waals surface area contributed by atoms with Crippen LogP contribution < -0.4 is 0 Å². The van der Waals surface area contributed by atoms with Gasteiger partial charge in [0.1, 0.15) is 5.75 Å². The summed E-state index contributed by atoms with van der Waals surface area (Å²) in [6.45, 7) is 1.67. The topological polar surface area (TPSA) is 54.4 Å². The van der Waals surface area contributed by atoms with Crippen LogP contribution in [-0.4, -0.2) is 13.5 Å². The zero-order chi connectivity index (χ0) is 9.35. The fourth-order valence-corrected chi connectivity index (χ4v) is 1.72. The predicted molar refractivity (Wildman–Crippen MR) is 45.9 cm³/mol. The van der Waals surface area contributed by atoms with Gasteiger partial charge in [-0.05, 0) is 30.7 Å². The molecule has 0 bridgehead atoms. The van der Waals surface area contributed by atoms with E-state index in [0.29, 0.717) is 5.56 Å². The first-order chi connectivity index (χ1) is 5.39. The Morgan fingerprint density at radius 1 is 1.33 bits per heavy atom. The van der Waals surface area contributed by atoms with E-state index in [4.69, 9.17) is 15.8 Å². The molecule has 0 saturated heterocycles. The first-order valence-corrected chi connectivity index (χ1v) is 5.46. The van der Waals surface area contributed by atoms with Crippen LogP contribution in [0.25, 0.3) is 0 Å². The third-order valence-corrected chi connectivity index (χ3v) is 2.65. The molecule has 0 aliphatic heterocycles. The molecule has 1 N–H and O–H groups in total. The van der Waals surface area contributed by atoms with Crippen LogP contribution in [0, 0.1) is 6.92 Å². The van der Waals surface area contributed by atoms with Gasteiger partial charge < -0.3 is 5.11 Å². The van der Waals surface area contributed by atoms with Crippen molar-refractivity contribution in [2.45, 2.75) is 11.8 Å². The van der Waals surface area contributed by atoms with Gasteiger partial charge in [-0.15, -0.1) is 0 Å². The Kier molecular flexibility index (Phi) is 2.30. The average molecular weight is 207 g/mol. The van der Waals surface area contributed by atoms with Gasteiger partial charge in [0.2, 0.25) is 0 Å². The summed E-state index contributed by atoms with van der Waals surface area (Å²) in [5.74, 6) is -0.103. The molecule has 12 heavy (non-hydrogen) atoms. The molecule has 0 unspecified atom stereocenters. The van der Waals surface area contributed by atoms with Gasteiger partial charge >= 0.3 is 0 Å². The van der Waals surface area contributed by atoms with Gasteiger partial charge in [-0.2, -0.15) is 0 Å². The quantitative estimate of drug-likeness (QED) is 0.711. The lowest BCUT2D eigenvalue weighted by Gasteiger charge is -1.99. The smallest absolute Gasteiger partial charge is 0.261 e. The van der Waals surface area contributed by atoms with Crippen molar-refractivity contribution < 1.29 is 13.5 Å². The molecule has 0 spiro atoms. The molecule has 0 aliphatic rings. The van der Waals surface area contributed by atoms with Crippen LogP contribution in [0.4, 0.5) is 0 Å². The zero-order valence-corrected chi connectivity index (χ0v) is 7.85. The molecule has 3 nitrogen and oxygen atoms in total. The maximum absolute atomic E-state index is 10.8. The van der Waals surface area contributed by atoms with Crippen LogP contribution in [0.3, 0.4) is 0 Å². The highest BCUT2D eigenvalue weighted by Gasteiger charge is 2.10. The molecule has 0 amide bonds. The summed E-state index contributed by atoms with van der Waals surface area (Å²) in [4.78, 5) is -0.0818. The highest BCUT2D eigenvalue weighted by atomic mass is 35.7. The van der Waals surface area contributed by atoms with Gasteiger partial charge in [0.25, 0.3) is 9.05 Å². The van der Waals surface area contributed by atoms with Gasteiger partial charge in [0.15, 0.2) is 0 Å². The molecule has 0 saturated carbocycles. The number of hydrogen-bond acceptors (Lipinski definition) is 3. The largest absolute Gasteiger partial charge is 0.508 e. The second-order valence-corrected chi connectivity index (χ2v) is 5.01. The lowest BCUT2D eigenvalue weighted by atomic mass is 10.2. The Labute approximate surface area is 75.0 Å². The highest BCUT2D eigenvalue weighted by Crippen LogP contribution is 2.21. The molecule has 1 rings (SSSR count). The molecule has 5 heteroatoms. The van der Waals surface area contributed by atoms with E-state index in [1.165, 1.54) is 12.1 Å². The molecular weight excluding hydrogens is 200 g/mol. The maximum Gasteiger partial charge on any atom is 0.261 e. The average Bonchev–Trinajstić information content (AvgIpc) is 1.82. The third-order valence-electron chi connectivity index (χ3n) is 1.32. The van der Waals surface area contributed by atoms with Crippen LogP contribution in [0.1, 0.15) is 5.56 Å². The standard InChI is InChI=1S/C7H7ClO3S/c1-5-2-6(9)4-7(3-5)12(8,10)11/h2-4,9H,1H3. The summed E-state index contributed by atoms with van der Waals surface area (Å²) in [6, 6.07) is 3.95. The van der Waals surface area contributed by atoms with Crippen molar-refractivity contribution in [3.63, 3.8) is 0 Å². The zero-order valence-electron chi connectivity index (χ0n) is 6.28. The molecular formula is C7H7ClO3S. The minimum atomic E-state index is -3.74. The van der Waals surface area contributed by atoms with Crippen molar-refractivity contribution in [2.75, 3.05) is 0 Å². The van der Waals surface area contributed by atoms with Crippen LogP contribution in [0.5, 0.6) is 5.75 Å². The predicted octanol–water partition coefficient (Wildman–Crippen LogP) is 1.63. The van der Waals surface area contributed by atoms with Crippen molar-refractivity contribution in [3.05, 3.63) is 23.8 Å². The molecule has 0 aromatic heterocycles. The van der Waals surface area contributed by atoms with E-state index in [1.54, 1.807) is 6.92 Å². The molecule has 66 valence electrons. The number of aromatic hydroxyl groups is 1. The molecule has 0 aliphatic carbocycles. The van der Waals surface area contributed by atoms with Crippen molar-refractivity contribution in [1.29, 1.82) is 0 Å². The van der Waals surface area contributed by atoms with Crippen LogP contribution in [0.2, 0.25) is 0 Å². The minimum absolute atomic E-state index is 0.0818. The molecule has 0 atom stereocenters. The molecule has 0 radical (unpaired) electrons. The van der Waals surface area contributed by atoms with Gasteiger partial charge in [0.05, 0.1) is 4.90 Å². The Balaban J connectivity index is 3.37. The van der Waals surface area contributed by atoms with Gasteiger partial charge in [0, 0.05) is 10.7 Å². The van der Waals surface area contributed by atoms with Gasteiger partial charge in [-0.25, -0.2) is 8.42 Å². The number of halogens is 1. The highest BCUT2D eigenvalue weighted by molar-refractivity contribution is 8.13. The second kappa shape index (κ2) is 2.95. The number of benzene rings is 1. The molecule has 0 heterocycles. The van der Waals surface area contributed by atoms with Crippen molar-refractivity contribution in [2.24, 2.45) is 0 Å². The van der Waals surface area contributed by atoms with E-state index in [2.05, 4.69) is 0 Å². The van der Waals surface area contributed by atoms with E-state index in [-0.39, 0.29) is 10.6 Å². The van der Waals surface area contributed by atoms with E-state index in [9.17, 15) is 8.42 Å². The summed E-state index contributed by atoms with van der Waals surface area (Å²) in [5.41, 5.74) is 0.647. The Morgan fingerprint density at radius 3 is 2.33 bits per heavy atom. The number of rotatable bonds is 1. The summed E-state index contributed by atoms with van der Waals surface area (Å²) >= 11 is 0. The lowest BCUT2D eigenvalue weighted by Crippen LogP contribution is -1.90. The maximum atomic E-state index is 10.8. The van der Waals surface area contributed by atoms with Crippen molar-refractivity contribution in [1.82, 2.24) is 0 Å². The fourth-order valence-electron chi connectivity index (χ4n) is 0.869. The van der Waals surface area contributed by atoms with Crippen molar-refractivity contribution in [3.8, 4) is 5.75 Å². The number of aryl methyl sites for hydroxylation is 1. The van der Waals surface area contributed by atoms with Crippen LogP contribution in [-0.2, 0) is 9.05 Å². The minimum Gasteiger partial charge on any atom is -0.508 e. The normalized spacial score (nSPS) is 11.5. The first-order valence-electron chi connectivity index (χ1n) is 3.15. The fraction of sp³-hybridized carbons (Fsp3) is 0.143.